The van der Waals surface area contributed by atoms with Crippen LogP contribution in [0.4, 0.5) is 0 Å². The Labute approximate surface area is 192 Å². The van der Waals surface area contributed by atoms with Crippen LogP contribution in [0, 0.1) is 5.92 Å². The molecule has 0 N–H and O–H groups in total. The molecule has 174 valence electrons. The fraction of sp³-hybridized carbons (Fsp3) is 0.556. The van der Waals surface area contributed by atoms with Crippen LogP contribution in [-0.2, 0) is 12.8 Å². The summed E-state index contributed by atoms with van der Waals surface area (Å²) in [4.78, 5) is 2.43. The first kappa shape index (κ1) is 22.8. The molecule has 0 saturated heterocycles. The van der Waals surface area contributed by atoms with Gasteiger partial charge in [-0.2, -0.15) is 0 Å². The molecule has 0 spiro atoms. The second kappa shape index (κ2) is 10.5. The van der Waals surface area contributed by atoms with E-state index in [1.165, 1.54) is 48.8 Å². The Morgan fingerprint density at radius 1 is 0.844 bits per heavy atom. The van der Waals surface area contributed by atoms with Gasteiger partial charge in [-0.25, -0.2) is 0 Å². The summed E-state index contributed by atoms with van der Waals surface area (Å²) in [6, 6.07) is 10.9. The van der Waals surface area contributed by atoms with Crippen LogP contribution in [0.1, 0.15) is 54.8 Å². The van der Waals surface area contributed by atoms with Crippen molar-refractivity contribution in [1.82, 2.24) is 4.90 Å². The van der Waals surface area contributed by atoms with Crippen molar-refractivity contribution < 1.29 is 18.9 Å². The lowest BCUT2D eigenvalue weighted by Crippen LogP contribution is -2.33. The Morgan fingerprint density at radius 2 is 1.56 bits per heavy atom. The zero-order valence-corrected chi connectivity index (χ0v) is 20.0. The molecule has 1 heterocycles. The van der Waals surface area contributed by atoms with Gasteiger partial charge in [0, 0.05) is 12.6 Å². The molecule has 32 heavy (non-hydrogen) atoms. The van der Waals surface area contributed by atoms with Gasteiger partial charge in [-0.15, -0.1) is 0 Å². The monoisotopic (exact) mass is 439 g/mol. The van der Waals surface area contributed by atoms with Crippen molar-refractivity contribution in [1.29, 1.82) is 0 Å². The van der Waals surface area contributed by atoms with E-state index in [9.17, 15) is 0 Å². The number of hydrogen-bond donors (Lipinski definition) is 0. The Kier molecular flexibility index (Phi) is 7.46. The summed E-state index contributed by atoms with van der Waals surface area (Å²) in [5, 5.41) is 0. The zero-order valence-electron chi connectivity index (χ0n) is 20.0. The molecule has 2 aromatic carbocycles. The molecular formula is C27H37NO4. The third-order valence-corrected chi connectivity index (χ3v) is 7.13. The van der Waals surface area contributed by atoms with Crippen LogP contribution < -0.4 is 18.9 Å². The van der Waals surface area contributed by atoms with Crippen LogP contribution in [0.3, 0.4) is 0 Å². The van der Waals surface area contributed by atoms with Gasteiger partial charge >= 0.3 is 0 Å². The van der Waals surface area contributed by atoms with Crippen molar-refractivity contribution >= 4 is 0 Å². The molecule has 4 rings (SSSR count). The first-order valence-electron chi connectivity index (χ1n) is 11.9. The number of nitrogens with zero attached hydrogens (tertiary/aromatic N) is 1. The van der Waals surface area contributed by atoms with E-state index in [0.717, 1.165) is 49.0 Å². The molecular weight excluding hydrogens is 402 g/mol. The minimum absolute atomic E-state index is 0.276. The van der Waals surface area contributed by atoms with Crippen LogP contribution in [0.25, 0.3) is 0 Å². The standard InChI is InChI=1S/C27H37NO4/c1-28-13-12-21-16-25(30-3)26(31-4)17-22(21)23(28)14-20-10-11-24(29-2)27(15-20)32-18-19-8-6-5-7-9-19/h10-11,15-17,19,23H,5-9,12-14,18H2,1-4H3. The molecule has 1 aliphatic heterocycles. The van der Waals surface area contributed by atoms with E-state index in [1.807, 2.05) is 6.07 Å². The highest BCUT2D eigenvalue weighted by atomic mass is 16.5. The summed E-state index contributed by atoms with van der Waals surface area (Å²) in [5.41, 5.74) is 3.91. The lowest BCUT2D eigenvalue weighted by atomic mass is 9.88. The maximum absolute atomic E-state index is 6.29. The predicted molar refractivity (Wildman–Crippen MR) is 127 cm³/mol. The van der Waals surface area contributed by atoms with Gasteiger partial charge in [0.15, 0.2) is 23.0 Å². The highest BCUT2D eigenvalue weighted by Crippen LogP contribution is 2.40. The van der Waals surface area contributed by atoms with E-state index in [0.29, 0.717) is 5.92 Å². The highest BCUT2D eigenvalue weighted by Gasteiger charge is 2.27. The summed E-state index contributed by atoms with van der Waals surface area (Å²) in [6.45, 7) is 1.80. The Bertz CT molecular complexity index is 907. The van der Waals surface area contributed by atoms with E-state index in [-0.39, 0.29) is 6.04 Å². The van der Waals surface area contributed by atoms with Gasteiger partial charge in [-0.05, 0) is 79.6 Å². The molecule has 1 aliphatic carbocycles. The van der Waals surface area contributed by atoms with Gasteiger partial charge in [0.1, 0.15) is 0 Å². The van der Waals surface area contributed by atoms with Gasteiger partial charge in [-0.1, -0.05) is 25.3 Å². The van der Waals surface area contributed by atoms with Crippen LogP contribution in [0.2, 0.25) is 0 Å². The molecule has 2 aliphatic rings. The summed E-state index contributed by atoms with van der Waals surface area (Å²) >= 11 is 0. The second-order valence-corrected chi connectivity index (χ2v) is 9.16. The van der Waals surface area contributed by atoms with E-state index in [1.54, 1.807) is 21.3 Å². The van der Waals surface area contributed by atoms with Crippen molar-refractivity contribution in [3.63, 3.8) is 0 Å². The van der Waals surface area contributed by atoms with Gasteiger partial charge in [0.05, 0.1) is 27.9 Å². The number of likely N-dealkylation sites (N-methyl/N-ethyl adjacent to an activating group) is 1. The van der Waals surface area contributed by atoms with Gasteiger partial charge < -0.3 is 18.9 Å². The number of ether oxygens (including phenoxy) is 4. The lowest BCUT2D eigenvalue weighted by Gasteiger charge is -2.35. The molecule has 5 nitrogen and oxygen atoms in total. The highest BCUT2D eigenvalue weighted by molar-refractivity contribution is 5.50. The summed E-state index contributed by atoms with van der Waals surface area (Å²) < 4.78 is 23.0. The molecule has 1 atom stereocenters. The molecule has 0 radical (unpaired) electrons. The third kappa shape index (κ3) is 4.98. The minimum atomic E-state index is 0.276. The van der Waals surface area contributed by atoms with E-state index < -0.39 is 0 Å². The summed E-state index contributed by atoms with van der Waals surface area (Å²) in [7, 11) is 7.32. The van der Waals surface area contributed by atoms with Crippen molar-refractivity contribution in [3.05, 3.63) is 47.0 Å². The third-order valence-electron chi connectivity index (χ3n) is 7.13. The van der Waals surface area contributed by atoms with Crippen molar-refractivity contribution in [3.8, 4) is 23.0 Å². The molecule has 1 saturated carbocycles. The molecule has 2 aromatic rings. The normalized spacial score (nSPS) is 19.3. The molecule has 1 fully saturated rings. The minimum Gasteiger partial charge on any atom is -0.493 e. The fourth-order valence-corrected chi connectivity index (χ4v) is 5.16. The van der Waals surface area contributed by atoms with Crippen molar-refractivity contribution in [2.45, 2.75) is 51.0 Å². The summed E-state index contributed by atoms with van der Waals surface area (Å²) in [6.07, 6.45) is 8.49. The van der Waals surface area contributed by atoms with Gasteiger partial charge in [-0.3, -0.25) is 4.90 Å². The van der Waals surface area contributed by atoms with Crippen LogP contribution in [0.15, 0.2) is 30.3 Å². The number of methoxy groups -OCH3 is 3. The fourth-order valence-electron chi connectivity index (χ4n) is 5.16. The molecule has 0 aromatic heterocycles. The second-order valence-electron chi connectivity index (χ2n) is 9.16. The first-order chi connectivity index (χ1) is 15.6. The Hall–Kier alpha value is -2.40. The Morgan fingerprint density at radius 3 is 2.28 bits per heavy atom. The van der Waals surface area contributed by atoms with Crippen molar-refractivity contribution in [2.75, 3.05) is 41.5 Å². The maximum atomic E-state index is 6.29. The maximum Gasteiger partial charge on any atom is 0.161 e. The first-order valence-corrected chi connectivity index (χ1v) is 11.9. The topological polar surface area (TPSA) is 40.2 Å². The molecule has 0 amide bonds. The van der Waals surface area contributed by atoms with E-state index in [2.05, 4.69) is 36.2 Å². The summed E-state index contributed by atoms with van der Waals surface area (Å²) in [5.74, 6) is 3.93. The number of benzene rings is 2. The number of fused-ring (bicyclic) bond motifs is 1. The largest absolute Gasteiger partial charge is 0.493 e. The molecule has 1 unspecified atom stereocenters. The van der Waals surface area contributed by atoms with Crippen molar-refractivity contribution in [2.24, 2.45) is 5.92 Å². The predicted octanol–water partition coefficient (Wildman–Crippen LogP) is 5.44. The Balaban J connectivity index is 1.55. The average Bonchev–Trinajstić information content (AvgIpc) is 2.84. The zero-order chi connectivity index (χ0) is 22.5. The van der Waals surface area contributed by atoms with Gasteiger partial charge in [0.25, 0.3) is 0 Å². The van der Waals surface area contributed by atoms with E-state index >= 15 is 0 Å². The lowest BCUT2D eigenvalue weighted by molar-refractivity contribution is 0.201. The quantitative estimate of drug-likeness (QED) is 0.547. The van der Waals surface area contributed by atoms with Crippen LogP contribution in [-0.4, -0.2) is 46.4 Å². The average molecular weight is 440 g/mol. The SMILES string of the molecule is COc1cc2c(cc1OC)C(Cc1ccc(OC)c(OCC3CCCCC3)c1)N(C)CC2. The number of hydrogen-bond acceptors (Lipinski definition) is 5. The molecule has 0 bridgehead atoms. The van der Waals surface area contributed by atoms with Crippen LogP contribution in [0.5, 0.6) is 23.0 Å². The number of rotatable bonds is 8. The van der Waals surface area contributed by atoms with Crippen LogP contribution >= 0.6 is 0 Å². The smallest absolute Gasteiger partial charge is 0.161 e. The van der Waals surface area contributed by atoms with Gasteiger partial charge in [0.2, 0.25) is 0 Å². The van der Waals surface area contributed by atoms with E-state index in [4.69, 9.17) is 18.9 Å². The molecule has 5 heteroatoms.